The van der Waals surface area contributed by atoms with Crippen LogP contribution in [-0.2, 0) is 0 Å². The molecule has 0 aliphatic rings. The molecule has 2 aromatic rings. The van der Waals surface area contributed by atoms with Crippen LogP contribution >= 0.6 is 15.9 Å². The first-order valence-corrected chi connectivity index (χ1v) is 8.36. The summed E-state index contributed by atoms with van der Waals surface area (Å²) in [6.45, 7) is 2.42. The number of hydrogen-bond acceptors (Lipinski definition) is 5. The molecule has 0 aliphatic carbocycles. The van der Waals surface area contributed by atoms with Crippen LogP contribution in [0.1, 0.15) is 22.8 Å². The Kier molecular flexibility index (Phi) is 6.82. The molecule has 0 saturated heterocycles. The number of methoxy groups -OCH3 is 2. The summed E-state index contributed by atoms with van der Waals surface area (Å²) >= 11 is 3.45. The van der Waals surface area contributed by atoms with Gasteiger partial charge in [0.2, 0.25) is 0 Å². The van der Waals surface area contributed by atoms with Crippen molar-refractivity contribution in [3.8, 4) is 17.2 Å². The smallest absolute Gasteiger partial charge is 0.275 e. The number of hydrogen-bond donors (Lipinski definition) is 1. The molecule has 0 spiro atoms. The van der Waals surface area contributed by atoms with Crippen LogP contribution in [0.4, 0.5) is 0 Å². The fourth-order valence-corrected chi connectivity index (χ4v) is 2.73. The van der Waals surface area contributed by atoms with E-state index in [2.05, 4.69) is 26.5 Å². The number of para-hydroxylation sites is 1. The van der Waals surface area contributed by atoms with Crippen molar-refractivity contribution in [2.75, 3.05) is 20.8 Å². The van der Waals surface area contributed by atoms with Crippen molar-refractivity contribution in [2.24, 2.45) is 5.10 Å². The van der Waals surface area contributed by atoms with Crippen LogP contribution in [0, 0.1) is 0 Å². The summed E-state index contributed by atoms with van der Waals surface area (Å²) < 4.78 is 16.8. The van der Waals surface area contributed by atoms with Gasteiger partial charge in [0.1, 0.15) is 5.75 Å². The van der Waals surface area contributed by atoms with Gasteiger partial charge in [-0.1, -0.05) is 12.1 Å². The second-order valence-electron chi connectivity index (χ2n) is 4.87. The Balaban J connectivity index is 2.14. The fourth-order valence-electron chi connectivity index (χ4n) is 2.16. The SMILES string of the molecule is CCOc1c(Br)cc(/C=N\NC(=O)c2ccccc2OC)cc1OC. The number of hydrazone groups is 1. The highest BCUT2D eigenvalue weighted by Gasteiger charge is 2.12. The number of carbonyl (C=O) groups is 1. The lowest BCUT2D eigenvalue weighted by Crippen LogP contribution is -2.18. The first-order chi connectivity index (χ1) is 12.1. The van der Waals surface area contributed by atoms with Crippen molar-refractivity contribution < 1.29 is 19.0 Å². The molecule has 0 atom stereocenters. The number of ether oxygens (including phenoxy) is 3. The van der Waals surface area contributed by atoms with E-state index >= 15 is 0 Å². The molecule has 1 amide bonds. The molecule has 1 N–H and O–H groups in total. The van der Waals surface area contributed by atoms with Crippen molar-refractivity contribution in [1.29, 1.82) is 0 Å². The molecule has 0 heterocycles. The van der Waals surface area contributed by atoms with E-state index < -0.39 is 0 Å². The van der Waals surface area contributed by atoms with Gasteiger partial charge in [-0.05, 0) is 52.7 Å². The molecule has 25 heavy (non-hydrogen) atoms. The molecular formula is C18H19BrN2O4. The van der Waals surface area contributed by atoms with Crippen LogP contribution in [0.15, 0.2) is 46.0 Å². The monoisotopic (exact) mass is 406 g/mol. The van der Waals surface area contributed by atoms with Gasteiger partial charge in [0, 0.05) is 0 Å². The third kappa shape index (κ3) is 4.73. The lowest BCUT2D eigenvalue weighted by Gasteiger charge is -2.12. The standard InChI is InChI=1S/C18H19BrN2O4/c1-4-25-17-14(19)9-12(10-16(17)24-3)11-20-21-18(22)13-7-5-6-8-15(13)23-2/h5-11H,4H2,1-3H3,(H,21,22)/b20-11-. The molecule has 0 bridgehead atoms. The highest BCUT2D eigenvalue weighted by Crippen LogP contribution is 2.36. The number of amides is 1. The van der Waals surface area contributed by atoms with E-state index in [1.54, 1.807) is 37.4 Å². The molecule has 0 unspecified atom stereocenters. The number of rotatable bonds is 7. The van der Waals surface area contributed by atoms with E-state index in [9.17, 15) is 4.79 Å². The first-order valence-electron chi connectivity index (χ1n) is 7.57. The summed E-state index contributed by atoms with van der Waals surface area (Å²) in [5.41, 5.74) is 3.63. The normalized spacial score (nSPS) is 10.6. The lowest BCUT2D eigenvalue weighted by molar-refractivity contribution is 0.0952. The molecule has 0 aromatic heterocycles. The number of benzene rings is 2. The molecule has 0 saturated carbocycles. The maximum absolute atomic E-state index is 12.2. The van der Waals surface area contributed by atoms with Gasteiger partial charge in [-0.15, -0.1) is 0 Å². The average Bonchev–Trinajstić information content (AvgIpc) is 2.63. The highest BCUT2D eigenvalue weighted by molar-refractivity contribution is 9.10. The second-order valence-corrected chi connectivity index (χ2v) is 5.72. The van der Waals surface area contributed by atoms with Crippen LogP contribution < -0.4 is 19.6 Å². The summed E-state index contributed by atoms with van der Waals surface area (Å²) in [5.74, 6) is 1.33. The maximum atomic E-state index is 12.2. The van der Waals surface area contributed by atoms with E-state index in [-0.39, 0.29) is 5.91 Å². The summed E-state index contributed by atoms with van der Waals surface area (Å²) in [6.07, 6.45) is 1.52. The molecule has 0 fully saturated rings. The Hall–Kier alpha value is -2.54. The highest BCUT2D eigenvalue weighted by atomic mass is 79.9. The molecule has 0 aliphatic heterocycles. The number of halogens is 1. The molecule has 0 radical (unpaired) electrons. The first kappa shape index (κ1) is 18.8. The van der Waals surface area contributed by atoms with Gasteiger partial charge >= 0.3 is 0 Å². The fraction of sp³-hybridized carbons (Fsp3) is 0.222. The van der Waals surface area contributed by atoms with Crippen LogP contribution in [0.3, 0.4) is 0 Å². The summed E-state index contributed by atoms with van der Waals surface area (Å²) in [7, 11) is 3.08. The Labute approximate surface area is 154 Å². The molecule has 7 heteroatoms. The van der Waals surface area contributed by atoms with Crippen molar-refractivity contribution in [3.05, 3.63) is 52.0 Å². The van der Waals surface area contributed by atoms with Gasteiger partial charge in [-0.2, -0.15) is 5.10 Å². The molecule has 2 rings (SSSR count). The predicted octanol–water partition coefficient (Wildman–Crippen LogP) is 3.63. The zero-order valence-corrected chi connectivity index (χ0v) is 15.8. The van der Waals surface area contributed by atoms with Gasteiger partial charge < -0.3 is 14.2 Å². The predicted molar refractivity (Wildman–Crippen MR) is 99.9 cm³/mol. The maximum Gasteiger partial charge on any atom is 0.275 e. The Morgan fingerprint density at radius 3 is 2.60 bits per heavy atom. The Morgan fingerprint density at radius 2 is 1.92 bits per heavy atom. The molecule has 6 nitrogen and oxygen atoms in total. The molecular weight excluding hydrogens is 388 g/mol. The number of nitrogens with zero attached hydrogens (tertiary/aromatic N) is 1. The molecule has 132 valence electrons. The van der Waals surface area contributed by atoms with E-state index in [0.29, 0.717) is 29.4 Å². The molecule has 2 aromatic carbocycles. The zero-order chi connectivity index (χ0) is 18.2. The second kappa shape index (κ2) is 9.08. The van der Waals surface area contributed by atoms with E-state index in [1.807, 2.05) is 13.0 Å². The Morgan fingerprint density at radius 1 is 1.20 bits per heavy atom. The van der Waals surface area contributed by atoms with E-state index in [4.69, 9.17) is 14.2 Å². The van der Waals surface area contributed by atoms with Crippen LogP contribution in [0.5, 0.6) is 17.2 Å². The summed E-state index contributed by atoms with van der Waals surface area (Å²) in [4.78, 5) is 12.2. The average molecular weight is 407 g/mol. The van der Waals surface area contributed by atoms with Crippen LogP contribution in [0.25, 0.3) is 0 Å². The van der Waals surface area contributed by atoms with Gasteiger partial charge in [0.15, 0.2) is 11.5 Å². The minimum absolute atomic E-state index is 0.356. The minimum Gasteiger partial charge on any atom is -0.496 e. The van der Waals surface area contributed by atoms with Crippen LogP contribution in [0.2, 0.25) is 0 Å². The van der Waals surface area contributed by atoms with Crippen molar-refractivity contribution >= 4 is 28.1 Å². The zero-order valence-electron chi connectivity index (χ0n) is 14.2. The third-order valence-corrected chi connectivity index (χ3v) is 3.86. The van der Waals surface area contributed by atoms with Crippen molar-refractivity contribution in [2.45, 2.75) is 6.92 Å². The Bertz CT molecular complexity index is 778. The van der Waals surface area contributed by atoms with Crippen LogP contribution in [-0.4, -0.2) is 32.9 Å². The van der Waals surface area contributed by atoms with Crippen molar-refractivity contribution in [1.82, 2.24) is 5.43 Å². The summed E-state index contributed by atoms with van der Waals surface area (Å²) in [6, 6.07) is 10.5. The number of carbonyl (C=O) groups excluding carboxylic acids is 1. The lowest BCUT2D eigenvalue weighted by atomic mass is 10.2. The van der Waals surface area contributed by atoms with Gasteiger partial charge in [-0.3, -0.25) is 4.79 Å². The minimum atomic E-state index is -0.356. The van der Waals surface area contributed by atoms with Gasteiger partial charge in [0.25, 0.3) is 5.91 Å². The largest absolute Gasteiger partial charge is 0.496 e. The topological polar surface area (TPSA) is 69.2 Å². The van der Waals surface area contributed by atoms with Gasteiger partial charge in [0.05, 0.1) is 37.1 Å². The number of nitrogens with one attached hydrogen (secondary N) is 1. The summed E-state index contributed by atoms with van der Waals surface area (Å²) in [5, 5.41) is 3.99. The third-order valence-electron chi connectivity index (χ3n) is 3.27. The van der Waals surface area contributed by atoms with E-state index in [1.165, 1.54) is 13.3 Å². The quantitative estimate of drug-likeness (QED) is 0.562. The van der Waals surface area contributed by atoms with Gasteiger partial charge in [-0.25, -0.2) is 5.43 Å². The van der Waals surface area contributed by atoms with Crippen molar-refractivity contribution in [3.63, 3.8) is 0 Å². The van der Waals surface area contributed by atoms with E-state index in [0.717, 1.165) is 10.0 Å².